The number of hydrogen-bond donors (Lipinski definition) is 2. The highest BCUT2D eigenvalue weighted by atomic mass is 16.5. The smallest absolute Gasteiger partial charge is 0.336 e. The summed E-state index contributed by atoms with van der Waals surface area (Å²) in [6, 6.07) is 6.89. The molecule has 1 aromatic carbocycles. The number of esters is 1. The molecular weight excluding hydrogens is 266 g/mol. The van der Waals surface area contributed by atoms with Crippen LogP contribution in [0.25, 0.3) is 0 Å². The van der Waals surface area contributed by atoms with Crippen molar-refractivity contribution in [2.75, 3.05) is 27.4 Å². The highest BCUT2D eigenvalue weighted by Crippen LogP contribution is 2.25. The van der Waals surface area contributed by atoms with E-state index in [0.29, 0.717) is 11.5 Å². The van der Waals surface area contributed by atoms with Crippen LogP contribution in [0.5, 0.6) is 11.5 Å². The Kier molecular flexibility index (Phi) is 6.31. The average molecular weight is 283 g/mol. The molecule has 0 aliphatic carbocycles. The molecule has 0 spiro atoms. The van der Waals surface area contributed by atoms with E-state index in [1.165, 1.54) is 7.11 Å². The fourth-order valence-corrected chi connectivity index (χ4v) is 1.36. The number of para-hydroxylation sites is 2. The first-order valence-corrected chi connectivity index (χ1v) is 5.87. The van der Waals surface area contributed by atoms with Crippen molar-refractivity contribution in [3.05, 3.63) is 24.3 Å². The van der Waals surface area contributed by atoms with Crippen molar-refractivity contribution in [1.29, 1.82) is 0 Å². The van der Waals surface area contributed by atoms with Crippen LogP contribution in [-0.4, -0.2) is 50.5 Å². The normalized spacial score (nSPS) is 11.3. The zero-order valence-electron chi connectivity index (χ0n) is 11.3. The van der Waals surface area contributed by atoms with Gasteiger partial charge in [-0.2, -0.15) is 0 Å². The number of aliphatic hydroxyl groups excluding tert-OH is 1. The van der Waals surface area contributed by atoms with Gasteiger partial charge in [0.15, 0.2) is 24.2 Å². The minimum atomic E-state index is -1.39. The first kappa shape index (κ1) is 15.8. The van der Waals surface area contributed by atoms with E-state index in [-0.39, 0.29) is 13.2 Å². The molecule has 0 saturated carbocycles. The van der Waals surface area contributed by atoms with Crippen molar-refractivity contribution in [1.82, 2.24) is 5.32 Å². The topological polar surface area (TPSA) is 94.1 Å². The van der Waals surface area contributed by atoms with E-state index in [1.54, 1.807) is 24.3 Å². The number of methoxy groups -OCH3 is 2. The van der Waals surface area contributed by atoms with Gasteiger partial charge >= 0.3 is 5.97 Å². The molecule has 1 amide bonds. The SMILES string of the molecule is COC(=O)C(O)CNC(=O)COc1ccccc1OC. The molecule has 0 aliphatic heterocycles. The number of rotatable bonds is 7. The van der Waals surface area contributed by atoms with Crippen LogP contribution in [-0.2, 0) is 14.3 Å². The summed E-state index contributed by atoms with van der Waals surface area (Å²) in [6.07, 6.45) is -1.39. The molecule has 110 valence electrons. The predicted molar refractivity (Wildman–Crippen MR) is 69.5 cm³/mol. The Morgan fingerprint density at radius 3 is 2.50 bits per heavy atom. The standard InChI is InChI=1S/C13H17NO6/c1-18-10-5-3-4-6-11(10)20-8-12(16)14-7-9(15)13(17)19-2/h3-6,9,15H,7-8H2,1-2H3,(H,14,16). The lowest BCUT2D eigenvalue weighted by atomic mass is 10.3. The molecule has 1 atom stereocenters. The second kappa shape index (κ2) is 8.00. The molecule has 0 aliphatic rings. The van der Waals surface area contributed by atoms with Crippen LogP contribution >= 0.6 is 0 Å². The van der Waals surface area contributed by atoms with E-state index in [2.05, 4.69) is 10.1 Å². The molecule has 0 radical (unpaired) electrons. The first-order valence-electron chi connectivity index (χ1n) is 5.87. The summed E-state index contributed by atoms with van der Waals surface area (Å²) < 4.78 is 14.7. The van der Waals surface area contributed by atoms with E-state index in [1.807, 2.05) is 0 Å². The summed E-state index contributed by atoms with van der Waals surface area (Å²) in [6.45, 7) is -0.491. The second-order valence-electron chi connectivity index (χ2n) is 3.78. The maximum Gasteiger partial charge on any atom is 0.336 e. The molecule has 1 aromatic rings. The van der Waals surface area contributed by atoms with Gasteiger partial charge in [-0.1, -0.05) is 12.1 Å². The van der Waals surface area contributed by atoms with Gasteiger partial charge in [0.2, 0.25) is 0 Å². The van der Waals surface area contributed by atoms with E-state index in [9.17, 15) is 14.7 Å². The van der Waals surface area contributed by atoms with Gasteiger partial charge in [0.1, 0.15) is 0 Å². The quantitative estimate of drug-likeness (QED) is 0.669. The molecule has 1 unspecified atom stereocenters. The Balaban J connectivity index is 2.38. The molecule has 20 heavy (non-hydrogen) atoms. The van der Waals surface area contributed by atoms with Gasteiger partial charge in [0.05, 0.1) is 20.8 Å². The maximum absolute atomic E-state index is 11.5. The summed E-state index contributed by atoms with van der Waals surface area (Å²) in [4.78, 5) is 22.4. The molecule has 0 saturated heterocycles. The zero-order valence-corrected chi connectivity index (χ0v) is 11.3. The monoisotopic (exact) mass is 283 g/mol. The number of benzene rings is 1. The van der Waals surface area contributed by atoms with Crippen LogP contribution in [0.2, 0.25) is 0 Å². The lowest BCUT2D eigenvalue weighted by Gasteiger charge is -2.12. The van der Waals surface area contributed by atoms with Crippen LogP contribution in [0.15, 0.2) is 24.3 Å². The summed E-state index contributed by atoms with van der Waals surface area (Å²) >= 11 is 0. The van der Waals surface area contributed by atoms with Crippen LogP contribution in [0, 0.1) is 0 Å². The third-order valence-electron chi connectivity index (χ3n) is 2.39. The third-order valence-corrected chi connectivity index (χ3v) is 2.39. The van der Waals surface area contributed by atoms with E-state index < -0.39 is 18.0 Å². The summed E-state index contributed by atoms with van der Waals surface area (Å²) in [5, 5.41) is 11.6. The van der Waals surface area contributed by atoms with Gasteiger partial charge in [-0.05, 0) is 12.1 Å². The van der Waals surface area contributed by atoms with Gasteiger partial charge in [-0.25, -0.2) is 4.79 Å². The van der Waals surface area contributed by atoms with Gasteiger partial charge in [-0.3, -0.25) is 4.79 Å². The van der Waals surface area contributed by atoms with Crippen LogP contribution in [0.3, 0.4) is 0 Å². The van der Waals surface area contributed by atoms with E-state index in [0.717, 1.165) is 7.11 Å². The fourth-order valence-electron chi connectivity index (χ4n) is 1.36. The molecule has 0 heterocycles. The Hall–Kier alpha value is -2.28. The highest BCUT2D eigenvalue weighted by Gasteiger charge is 2.16. The van der Waals surface area contributed by atoms with E-state index >= 15 is 0 Å². The van der Waals surface area contributed by atoms with Crippen LogP contribution in [0.4, 0.5) is 0 Å². The number of carbonyl (C=O) groups is 2. The minimum absolute atomic E-state index is 0.235. The number of carbonyl (C=O) groups excluding carboxylic acids is 2. The fraction of sp³-hybridized carbons (Fsp3) is 0.385. The van der Waals surface area contributed by atoms with Crippen molar-refractivity contribution < 1.29 is 28.9 Å². The van der Waals surface area contributed by atoms with Crippen molar-refractivity contribution in [2.45, 2.75) is 6.10 Å². The number of aliphatic hydroxyl groups is 1. The van der Waals surface area contributed by atoms with Gasteiger partial charge in [-0.15, -0.1) is 0 Å². The molecule has 0 fully saturated rings. The van der Waals surface area contributed by atoms with E-state index in [4.69, 9.17) is 9.47 Å². The van der Waals surface area contributed by atoms with Gasteiger partial charge < -0.3 is 24.6 Å². The lowest BCUT2D eigenvalue weighted by Crippen LogP contribution is -2.39. The summed E-state index contributed by atoms with van der Waals surface area (Å²) in [5.74, 6) is -0.344. The van der Waals surface area contributed by atoms with Crippen molar-refractivity contribution in [3.8, 4) is 11.5 Å². The number of amides is 1. The Bertz CT molecular complexity index is 462. The third kappa shape index (κ3) is 4.77. The minimum Gasteiger partial charge on any atom is -0.493 e. The Morgan fingerprint density at radius 1 is 1.25 bits per heavy atom. The summed E-state index contributed by atoms with van der Waals surface area (Å²) in [5.41, 5.74) is 0. The Labute approximate surface area is 116 Å². The summed E-state index contributed by atoms with van der Waals surface area (Å²) in [7, 11) is 2.65. The van der Waals surface area contributed by atoms with Gasteiger partial charge in [0, 0.05) is 0 Å². The number of ether oxygens (including phenoxy) is 3. The van der Waals surface area contributed by atoms with Crippen molar-refractivity contribution in [2.24, 2.45) is 0 Å². The lowest BCUT2D eigenvalue weighted by molar-refractivity contribution is -0.150. The molecular formula is C13H17NO6. The van der Waals surface area contributed by atoms with Crippen molar-refractivity contribution in [3.63, 3.8) is 0 Å². The molecule has 7 heteroatoms. The molecule has 0 bridgehead atoms. The highest BCUT2D eigenvalue weighted by molar-refractivity contribution is 5.79. The molecule has 1 rings (SSSR count). The van der Waals surface area contributed by atoms with Crippen LogP contribution in [0.1, 0.15) is 0 Å². The molecule has 7 nitrogen and oxygen atoms in total. The number of nitrogens with one attached hydrogen (secondary N) is 1. The second-order valence-corrected chi connectivity index (χ2v) is 3.78. The average Bonchev–Trinajstić information content (AvgIpc) is 2.49. The maximum atomic E-state index is 11.5. The Morgan fingerprint density at radius 2 is 1.90 bits per heavy atom. The predicted octanol–water partition coefficient (Wildman–Crippen LogP) is -0.276. The number of hydrogen-bond acceptors (Lipinski definition) is 6. The molecule has 2 N–H and O–H groups in total. The van der Waals surface area contributed by atoms with Crippen LogP contribution < -0.4 is 14.8 Å². The molecule has 0 aromatic heterocycles. The zero-order chi connectivity index (χ0) is 15.0. The largest absolute Gasteiger partial charge is 0.493 e. The van der Waals surface area contributed by atoms with Gasteiger partial charge in [0.25, 0.3) is 5.91 Å². The first-order chi connectivity index (χ1) is 9.58. The van der Waals surface area contributed by atoms with Crippen molar-refractivity contribution >= 4 is 11.9 Å².